The first-order valence-electron chi connectivity index (χ1n) is 5.63. The third-order valence-electron chi connectivity index (χ3n) is 2.44. The highest BCUT2D eigenvalue weighted by Gasteiger charge is 2.28. The van der Waals surface area contributed by atoms with E-state index in [1.807, 2.05) is 13.8 Å². The summed E-state index contributed by atoms with van der Waals surface area (Å²) < 4.78 is 4.72. The van der Waals surface area contributed by atoms with Crippen LogP contribution >= 0.6 is 0 Å². The number of hydrogen-bond donors (Lipinski definition) is 2. The van der Waals surface area contributed by atoms with Gasteiger partial charge in [-0.25, -0.2) is 4.79 Å². The number of aliphatic hydroxyl groups excluding tert-OH is 1. The molecule has 1 fully saturated rings. The van der Waals surface area contributed by atoms with Crippen molar-refractivity contribution in [1.29, 1.82) is 0 Å². The number of nitrogens with one attached hydrogen (secondary N) is 1. The first kappa shape index (κ1) is 13.0. The lowest BCUT2D eigenvalue weighted by Crippen LogP contribution is -2.39. The Labute approximate surface area is 95.2 Å². The van der Waals surface area contributed by atoms with Crippen molar-refractivity contribution in [3.63, 3.8) is 0 Å². The van der Waals surface area contributed by atoms with Gasteiger partial charge in [0.05, 0.1) is 19.1 Å². The average molecular weight is 229 g/mol. The molecule has 92 valence electrons. The maximum Gasteiger partial charge on any atom is 0.328 e. The number of carbonyl (C=O) groups is 2. The molecule has 2 atom stereocenters. The smallest absolute Gasteiger partial charge is 0.328 e. The van der Waals surface area contributed by atoms with Crippen LogP contribution in [0.5, 0.6) is 0 Å². The van der Waals surface area contributed by atoms with Crippen molar-refractivity contribution < 1.29 is 19.4 Å². The van der Waals surface area contributed by atoms with Crippen LogP contribution in [-0.4, -0.2) is 35.7 Å². The van der Waals surface area contributed by atoms with Gasteiger partial charge in [0.15, 0.2) is 0 Å². The van der Waals surface area contributed by atoms with Gasteiger partial charge in [-0.3, -0.25) is 4.79 Å². The molecule has 0 aromatic carbocycles. The van der Waals surface area contributed by atoms with E-state index in [2.05, 4.69) is 5.32 Å². The minimum Gasteiger partial charge on any atom is -0.464 e. The molecule has 0 aliphatic carbocycles. The van der Waals surface area contributed by atoms with E-state index >= 15 is 0 Å². The highest BCUT2D eigenvalue weighted by atomic mass is 16.5. The minimum atomic E-state index is -0.641. The van der Waals surface area contributed by atoms with Crippen LogP contribution in [0.25, 0.3) is 0 Å². The van der Waals surface area contributed by atoms with Gasteiger partial charge in [-0.1, -0.05) is 13.8 Å². The summed E-state index contributed by atoms with van der Waals surface area (Å²) in [4.78, 5) is 22.5. The van der Waals surface area contributed by atoms with Crippen molar-refractivity contribution in [3.8, 4) is 0 Å². The summed E-state index contributed by atoms with van der Waals surface area (Å²) >= 11 is 0. The van der Waals surface area contributed by atoms with Crippen LogP contribution in [-0.2, 0) is 14.3 Å². The molecule has 5 nitrogen and oxygen atoms in total. The van der Waals surface area contributed by atoms with Gasteiger partial charge in [-0.15, -0.1) is 0 Å². The fraction of sp³-hybridized carbons (Fsp3) is 0.818. The molecule has 0 saturated carbocycles. The van der Waals surface area contributed by atoms with Crippen molar-refractivity contribution in [2.45, 2.75) is 45.3 Å². The van der Waals surface area contributed by atoms with Gasteiger partial charge in [0.25, 0.3) is 0 Å². The molecular weight excluding hydrogens is 210 g/mol. The Hall–Kier alpha value is -1.10. The summed E-state index contributed by atoms with van der Waals surface area (Å²) in [6.07, 6.45) is 0.507. The van der Waals surface area contributed by atoms with E-state index in [4.69, 9.17) is 4.74 Å². The van der Waals surface area contributed by atoms with E-state index < -0.39 is 12.1 Å². The zero-order valence-corrected chi connectivity index (χ0v) is 9.73. The molecule has 1 aliphatic heterocycles. The summed E-state index contributed by atoms with van der Waals surface area (Å²) in [6, 6.07) is -0.529. The summed E-state index contributed by atoms with van der Waals surface area (Å²) in [5.74, 6) is -0.331. The van der Waals surface area contributed by atoms with Gasteiger partial charge in [0, 0.05) is 6.42 Å². The molecule has 1 saturated heterocycles. The van der Waals surface area contributed by atoms with E-state index in [0.29, 0.717) is 25.4 Å². The molecule has 0 spiro atoms. The van der Waals surface area contributed by atoms with Gasteiger partial charge < -0.3 is 15.2 Å². The fourth-order valence-electron chi connectivity index (χ4n) is 1.72. The van der Waals surface area contributed by atoms with E-state index in [-0.39, 0.29) is 18.3 Å². The van der Waals surface area contributed by atoms with Gasteiger partial charge in [0.2, 0.25) is 5.91 Å². The quantitative estimate of drug-likeness (QED) is 0.661. The molecule has 0 aromatic heterocycles. The number of aliphatic hydroxyl groups is 1. The van der Waals surface area contributed by atoms with Gasteiger partial charge in [-0.05, 0) is 12.3 Å². The van der Waals surface area contributed by atoms with Crippen molar-refractivity contribution >= 4 is 11.9 Å². The van der Waals surface area contributed by atoms with Crippen LogP contribution in [0.2, 0.25) is 0 Å². The summed E-state index contributed by atoms with van der Waals surface area (Å²) in [6.45, 7) is 4.32. The Balaban J connectivity index is 2.27. The molecule has 1 amide bonds. The Morgan fingerprint density at radius 1 is 1.62 bits per heavy atom. The van der Waals surface area contributed by atoms with Crippen molar-refractivity contribution in [3.05, 3.63) is 0 Å². The summed E-state index contributed by atoms with van der Waals surface area (Å²) in [5, 5.41) is 12.1. The molecule has 5 heteroatoms. The van der Waals surface area contributed by atoms with E-state index in [1.165, 1.54) is 0 Å². The van der Waals surface area contributed by atoms with Crippen molar-refractivity contribution in [2.75, 3.05) is 6.61 Å². The van der Waals surface area contributed by atoms with Crippen LogP contribution in [0.15, 0.2) is 0 Å². The van der Waals surface area contributed by atoms with Crippen LogP contribution in [0.3, 0.4) is 0 Å². The molecule has 0 aromatic rings. The predicted molar refractivity (Wildman–Crippen MR) is 57.6 cm³/mol. The lowest BCUT2D eigenvalue weighted by atomic mass is 10.0. The zero-order chi connectivity index (χ0) is 12.1. The summed E-state index contributed by atoms with van der Waals surface area (Å²) in [5.41, 5.74) is 0. The second-order valence-corrected chi connectivity index (χ2v) is 4.56. The molecule has 1 rings (SSSR count). The average Bonchev–Trinajstić information content (AvgIpc) is 2.49. The highest BCUT2D eigenvalue weighted by molar-refractivity contribution is 5.85. The van der Waals surface area contributed by atoms with E-state index in [0.717, 1.165) is 0 Å². The Morgan fingerprint density at radius 2 is 2.31 bits per heavy atom. The number of hydrogen-bond acceptors (Lipinski definition) is 4. The Morgan fingerprint density at radius 3 is 2.81 bits per heavy atom. The first-order valence-corrected chi connectivity index (χ1v) is 5.63. The standard InChI is InChI=1S/C11H19NO4/c1-7(2)5-8(13)6-10(14)12-9-3-4-16-11(9)15/h7-9,13H,3-6H2,1-2H3,(H,12,14). The number of amides is 1. The molecule has 0 bridgehead atoms. The lowest BCUT2D eigenvalue weighted by Gasteiger charge is -2.14. The van der Waals surface area contributed by atoms with Gasteiger partial charge >= 0.3 is 5.97 Å². The van der Waals surface area contributed by atoms with Gasteiger partial charge in [-0.2, -0.15) is 0 Å². The fourth-order valence-corrected chi connectivity index (χ4v) is 1.72. The second kappa shape index (κ2) is 5.84. The highest BCUT2D eigenvalue weighted by Crippen LogP contribution is 2.09. The third-order valence-corrected chi connectivity index (χ3v) is 2.44. The zero-order valence-electron chi connectivity index (χ0n) is 9.73. The predicted octanol–water partition coefficient (Wildman–Crippen LogP) is 0.215. The number of rotatable bonds is 5. The van der Waals surface area contributed by atoms with Gasteiger partial charge in [0.1, 0.15) is 6.04 Å². The SMILES string of the molecule is CC(C)CC(O)CC(=O)NC1CCOC1=O. The maximum absolute atomic E-state index is 11.5. The Bertz CT molecular complexity index is 265. The second-order valence-electron chi connectivity index (χ2n) is 4.56. The number of ether oxygens (including phenoxy) is 1. The van der Waals surface area contributed by atoms with Crippen molar-refractivity contribution in [2.24, 2.45) is 5.92 Å². The van der Waals surface area contributed by atoms with Crippen LogP contribution in [0.1, 0.15) is 33.1 Å². The Kier molecular flexibility index (Phi) is 4.73. The number of esters is 1. The molecule has 2 N–H and O–H groups in total. The minimum absolute atomic E-state index is 0.0436. The largest absolute Gasteiger partial charge is 0.464 e. The first-order chi connectivity index (χ1) is 7.49. The number of carbonyl (C=O) groups excluding carboxylic acids is 2. The van der Waals surface area contributed by atoms with E-state index in [9.17, 15) is 14.7 Å². The molecular formula is C11H19NO4. The topological polar surface area (TPSA) is 75.6 Å². The third kappa shape index (κ3) is 4.18. The molecule has 1 aliphatic rings. The summed E-state index contributed by atoms with van der Waals surface area (Å²) in [7, 11) is 0. The molecule has 0 radical (unpaired) electrons. The van der Waals surface area contributed by atoms with Crippen molar-refractivity contribution in [1.82, 2.24) is 5.32 Å². The van der Waals surface area contributed by atoms with Crippen LogP contribution < -0.4 is 5.32 Å². The number of cyclic esters (lactones) is 1. The lowest BCUT2D eigenvalue weighted by molar-refractivity contribution is -0.141. The maximum atomic E-state index is 11.5. The van der Waals surface area contributed by atoms with Crippen LogP contribution in [0.4, 0.5) is 0 Å². The van der Waals surface area contributed by atoms with E-state index in [1.54, 1.807) is 0 Å². The molecule has 16 heavy (non-hydrogen) atoms. The van der Waals surface area contributed by atoms with Crippen LogP contribution in [0, 0.1) is 5.92 Å². The molecule has 1 heterocycles. The molecule has 2 unspecified atom stereocenters. The monoisotopic (exact) mass is 229 g/mol. The normalized spacial score (nSPS) is 22.0.